The monoisotopic (exact) mass is 280 g/mol. The van der Waals surface area contributed by atoms with Crippen LogP contribution in [0.15, 0.2) is 10.5 Å². The molecule has 7 heteroatoms. The van der Waals surface area contributed by atoms with Crippen molar-refractivity contribution in [1.29, 1.82) is 0 Å². The summed E-state index contributed by atoms with van der Waals surface area (Å²) in [6.45, 7) is 0. The normalized spacial score (nSPS) is 9.64. The number of carbonyl (C=O) groups is 1. The summed E-state index contributed by atoms with van der Waals surface area (Å²) < 4.78 is 5.28. The fourth-order valence-electron chi connectivity index (χ4n) is 0.817. The molecule has 1 amide bonds. The molecule has 0 unspecified atom stereocenters. The molecule has 1 aromatic rings. The van der Waals surface area contributed by atoms with Gasteiger partial charge in [0.2, 0.25) is 5.88 Å². The Morgan fingerprint density at radius 2 is 2.43 bits per heavy atom. The van der Waals surface area contributed by atoms with Crippen LogP contribution in [0, 0.1) is 0 Å². The highest BCUT2D eigenvalue weighted by molar-refractivity contribution is 9.10. The van der Waals surface area contributed by atoms with E-state index in [4.69, 9.17) is 21.4 Å². The Bertz CT molecular complexity index is 372. The average molecular weight is 281 g/mol. The Hall–Kier alpha value is -1.01. The van der Waals surface area contributed by atoms with Gasteiger partial charge in [0.1, 0.15) is 9.63 Å². The lowest BCUT2D eigenvalue weighted by molar-refractivity contribution is 0.209. The van der Waals surface area contributed by atoms with Gasteiger partial charge in [-0.2, -0.15) is 0 Å². The molecule has 0 spiro atoms. The number of anilines is 1. The largest absolute Gasteiger partial charge is 0.480 e. The van der Waals surface area contributed by atoms with Crippen molar-refractivity contribution in [3.8, 4) is 5.88 Å². The third-order valence-corrected chi connectivity index (χ3v) is 2.29. The molecule has 0 atom stereocenters. The number of methoxy groups -OCH3 is 1. The molecule has 1 heterocycles. The van der Waals surface area contributed by atoms with Crippen LogP contribution in [0.5, 0.6) is 5.88 Å². The average Bonchev–Trinajstić information content (AvgIpc) is 2.09. The second kappa shape index (κ2) is 4.47. The zero-order valence-corrected chi connectivity index (χ0v) is 9.39. The quantitative estimate of drug-likeness (QED) is 0.817. The van der Waals surface area contributed by atoms with Gasteiger partial charge in [0, 0.05) is 6.07 Å². The summed E-state index contributed by atoms with van der Waals surface area (Å²) in [7, 11) is 1.41. The number of carboxylic acid groups (broad SMARTS) is 1. The number of aromatic nitrogens is 1. The molecule has 14 heavy (non-hydrogen) atoms. The molecule has 0 fully saturated rings. The SMILES string of the molecule is COc1nc(Cl)cc(NC(=O)O)c1Br. The molecule has 0 aliphatic heterocycles. The zero-order chi connectivity index (χ0) is 10.7. The maximum absolute atomic E-state index is 10.4. The van der Waals surface area contributed by atoms with Gasteiger partial charge in [0.25, 0.3) is 0 Å². The van der Waals surface area contributed by atoms with E-state index in [0.29, 0.717) is 4.47 Å². The number of nitrogens with one attached hydrogen (secondary N) is 1. The first-order valence-corrected chi connectivity index (χ1v) is 4.61. The lowest BCUT2D eigenvalue weighted by atomic mass is 10.4. The molecular weight excluding hydrogens is 275 g/mol. The Balaban J connectivity index is 3.15. The summed E-state index contributed by atoms with van der Waals surface area (Å²) in [6.07, 6.45) is -1.19. The highest BCUT2D eigenvalue weighted by Gasteiger charge is 2.11. The summed E-state index contributed by atoms with van der Waals surface area (Å²) in [5.74, 6) is 0.223. The van der Waals surface area contributed by atoms with Crippen molar-refractivity contribution in [2.24, 2.45) is 0 Å². The summed E-state index contributed by atoms with van der Waals surface area (Å²) in [5, 5.41) is 10.8. The topological polar surface area (TPSA) is 71.5 Å². The molecule has 0 radical (unpaired) electrons. The van der Waals surface area contributed by atoms with E-state index in [2.05, 4.69) is 26.2 Å². The molecule has 0 aromatic carbocycles. The van der Waals surface area contributed by atoms with Crippen LogP contribution in [-0.4, -0.2) is 23.3 Å². The first-order chi connectivity index (χ1) is 6.54. The van der Waals surface area contributed by atoms with Gasteiger partial charge in [0.15, 0.2) is 0 Å². The van der Waals surface area contributed by atoms with E-state index in [9.17, 15) is 4.79 Å². The molecule has 1 aromatic heterocycles. The van der Waals surface area contributed by atoms with Gasteiger partial charge in [-0.1, -0.05) is 11.6 Å². The zero-order valence-electron chi connectivity index (χ0n) is 7.04. The Labute approximate surface area is 93.2 Å². The molecule has 0 saturated heterocycles. The summed E-state index contributed by atoms with van der Waals surface area (Å²) >= 11 is 8.77. The first-order valence-electron chi connectivity index (χ1n) is 3.44. The maximum atomic E-state index is 10.4. The van der Waals surface area contributed by atoms with Gasteiger partial charge in [-0.25, -0.2) is 9.78 Å². The third kappa shape index (κ3) is 2.49. The Morgan fingerprint density at radius 3 is 2.93 bits per heavy atom. The van der Waals surface area contributed by atoms with E-state index in [1.54, 1.807) is 0 Å². The minimum absolute atomic E-state index is 0.147. The molecule has 0 bridgehead atoms. The summed E-state index contributed by atoms with van der Waals surface area (Å²) in [6, 6.07) is 1.38. The Morgan fingerprint density at radius 1 is 1.79 bits per heavy atom. The molecule has 1 rings (SSSR count). The van der Waals surface area contributed by atoms with Crippen LogP contribution in [0.1, 0.15) is 0 Å². The van der Waals surface area contributed by atoms with Crippen molar-refractivity contribution in [3.63, 3.8) is 0 Å². The minimum atomic E-state index is -1.19. The van der Waals surface area contributed by atoms with Crippen LogP contribution < -0.4 is 10.1 Å². The number of pyridine rings is 1. The van der Waals surface area contributed by atoms with E-state index in [1.807, 2.05) is 0 Å². The van der Waals surface area contributed by atoms with Gasteiger partial charge in [-0.15, -0.1) is 0 Å². The van der Waals surface area contributed by atoms with Crippen LogP contribution in [0.3, 0.4) is 0 Å². The standard InChI is InChI=1S/C7H6BrClN2O3/c1-14-6-5(8)3(10-7(12)13)2-4(9)11-6/h2H,1H3,(H,10,11)(H,12,13). The predicted octanol–water partition coefficient (Wildman–Crippen LogP) is 2.60. The van der Waals surface area contributed by atoms with Crippen molar-refractivity contribution < 1.29 is 14.6 Å². The number of hydrogen-bond acceptors (Lipinski definition) is 3. The highest BCUT2D eigenvalue weighted by Crippen LogP contribution is 2.32. The molecule has 0 saturated carbocycles. The molecule has 5 nitrogen and oxygen atoms in total. The van der Waals surface area contributed by atoms with Crippen LogP contribution in [0.2, 0.25) is 5.15 Å². The number of rotatable bonds is 2. The van der Waals surface area contributed by atoms with Crippen molar-refractivity contribution >= 4 is 39.3 Å². The van der Waals surface area contributed by atoms with Gasteiger partial charge in [-0.05, 0) is 15.9 Å². The second-order valence-electron chi connectivity index (χ2n) is 2.25. The van der Waals surface area contributed by atoms with E-state index in [0.717, 1.165) is 0 Å². The highest BCUT2D eigenvalue weighted by atomic mass is 79.9. The van der Waals surface area contributed by atoms with Crippen molar-refractivity contribution in [2.45, 2.75) is 0 Å². The molecule has 0 aliphatic carbocycles. The van der Waals surface area contributed by atoms with Gasteiger partial charge in [-0.3, -0.25) is 5.32 Å². The van der Waals surface area contributed by atoms with Crippen LogP contribution in [0.4, 0.5) is 10.5 Å². The van der Waals surface area contributed by atoms with Crippen LogP contribution >= 0.6 is 27.5 Å². The first kappa shape index (κ1) is 11.1. The number of ether oxygens (including phenoxy) is 1. The van der Waals surface area contributed by atoms with E-state index >= 15 is 0 Å². The van der Waals surface area contributed by atoms with Gasteiger partial charge < -0.3 is 9.84 Å². The number of hydrogen-bond donors (Lipinski definition) is 2. The lowest BCUT2D eigenvalue weighted by Gasteiger charge is -2.07. The maximum Gasteiger partial charge on any atom is 0.409 e. The number of halogens is 2. The number of nitrogens with zero attached hydrogens (tertiary/aromatic N) is 1. The van der Waals surface area contributed by atoms with Crippen LogP contribution in [0.25, 0.3) is 0 Å². The lowest BCUT2D eigenvalue weighted by Crippen LogP contribution is -2.08. The molecular formula is C7H6BrClN2O3. The van der Waals surface area contributed by atoms with E-state index in [-0.39, 0.29) is 16.7 Å². The van der Waals surface area contributed by atoms with E-state index < -0.39 is 6.09 Å². The third-order valence-electron chi connectivity index (χ3n) is 1.33. The number of amides is 1. The fourth-order valence-corrected chi connectivity index (χ4v) is 1.47. The van der Waals surface area contributed by atoms with Gasteiger partial charge >= 0.3 is 6.09 Å². The van der Waals surface area contributed by atoms with Gasteiger partial charge in [0.05, 0.1) is 12.8 Å². The van der Waals surface area contributed by atoms with Crippen molar-refractivity contribution in [2.75, 3.05) is 12.4 Å². The van der Waals surface area contributed by atoms with Crippen molar-refractivity contribution in [1.82, 2.24) is 4.98 Å². The molecule has 0 aliphatic rings. The summed E-state index contributed by atoms with van der Waals surface area (Å²) in [5.41, 5.74) is 0.286. The Kier molecular flexibility index (Phi) is 3.54. The van der Waals surface area contributed by atoms with E-state index in [1.165, 1.54) is 13.2 Å². The fraction of sp³-hybridized carbons (Fsp3) is 0.143. The predicted molar refractivity (Wildman–Crippen MR) is 55.1 cm³/mol. The van der Waals surface area contributed by atoms with Crippen LogP contribution in [-0.2, 0) is 0 Å². The second-order valence-corrected chi connectivity index (χ2v) is 3.43. The molecule has 2 N–H and O–H groups in total. The minimum Gasteiger partial charge on any atom is -0.480 e. The summed E-state index contributed by atoms with van der Waals surface area (Å²) in [4.78, 5) is 14.2. The smallest absolute Gasteiger partial charge is 0.409 e. The van der Waals surface area contributed by atoms with Crippen molar-refractivity contribution in [3.05, 3.63) is 15.7 Å². The molecule has 76 valence electrons.